The van der Waals surface area contributed by atoms with E-state index in [9.17, 15) is 9.90 Å². The minimum absolute atomic E-state index is 0.0223. The number of fused-ring (bicyclic) bond motifs is 6. The number of rotatable bonds is 1. The predicted octanol–water partition coefficient (Wildman–Crippen LogP) is 6.88. The fraction of sp³-hybridized carbons (Fsp3) is 0.828. The van der Waals surface area contributed by atoms with Gasteiger partial charge in [0, 0.05) is 11.8 Å². The van der Waals surface area contributed by atoms with Gasteiger partial charge in [-0.25, -0.2) is 0 Å². The first-order valence-electron chi connectivity index (χ1n) is 13.0. The lowest BCUT2D eigenvalue weighted by Gasteiger charge is -2.69. The molecule has 1 N–H and O–H groups in total. The Morgan fingerprint density at radius 1 is 1.00 bits per heavy atom. The van der Waals surface area contributed by atoms with Crippen molar-refractivity contribution >= 4 is 5.78 Å². The zero-order valence-corrected chi connectivity index (χ0v) is 21.0. The predicted molar refractivity (Wildman–Crippen MR) is 126 cm³/mol. The molecule has 7 atom stereocenters. The molecular weight excluding hydrogens is 380 g/mol. The number of hydrogen-bond donors (Lipinski definition) is 1. The zero-order chi connectivity index (χ0) is 22.6. The van der Waals surface area contributed by atoms with Crippen LogP contribution in [0.1, 0.15) is 99.8 Å². The van der Waals surface area contributed by atoms with Crippen LogP contribution in [0.2, 0.25) is 0 Å². The molecule has 0 aromatic rings. The van der Waals surface area contributed by atoms with Crippen molar-refractivity contribution in [3.8, 4) is 0 Å². The highest BCUT2D eigenvalue weighted by Crippen LogP contribution is 2.73. The lowest BCUT2D eigenvalue weighted by atomic mass is 9.35. The monoisotopic (exact) mass is 424 g/mol. The Labute approximate surface area is 190 Å². The highest BCUT2D eigenvalue weighted by molar-refractivity contribution is 6.00. The molecule has 0 heterocycles. The zero-order valence-electron chi connectivity index (χ0n) is 21.0. The topological polar surface area (TPSA) is 37.3 Å². The quantitative estimate of drug-likeness (QED) is 0.498. The molecule has 172 valence electrons. The van der Waals surface area contributed by atoms with E-state index in [-0.39, 0.29) is 27.8 Å². The summed E-state index contributed by atoms with van der Waals surface area (Å²) in [6, 6.07) is 0. The molecule has 31 heavy (non-hydrogen) atoms. The van der Waals surface area contributed by atoms with Crippen molar-refractivity contribution in [2.24, 2.45) is 45.3 Å². The first-order chi connectivity index (χ1) is 14.4. The van der Waals surface area contributed by atoms with Gasteiger partial charge in [0.1, 0.15) is 0 Å². The van der Waals surface area contributed by atoms with E-state index in [1.165, 1.54) is 24.0 Å². The molecular formula is C29H44O2. The van der Waals surface area contributed by atoms with Crippen LogP contribution in [-0.4, -0.2) is 17.0 Å². The van der Waals surface area contributed by atoms with Crippen LogP contribution in [0.5, 0.6) is 0 Å². The van der Waals surface area contributed by atoms with Crippen LogP contribution in [-0.2, 0) is 4.79 Å². The van der Waals surface area contributed by atoms with E-state index < -0.39 is 0 Å². The van der Waals surface area contributed by atoms with Gasteiger partial charge in [-0.05, 0) is 102 Å². The van der Waals surface area contributed by atoms with Gasteiger partial charge in [0.2, 0.25) is 0 Å². The molecule has 0 aliphatic heterocycles. The fourth-order valence-electron chi connectivity index (χ4n) is 9.75. The Hall–Kier alpha value is -0.890. The number of ketones is 1. The lowest BCUT2D eigenvalue weighted by molar-refractivity contribution is -0.195. The van der Waals surface area contributed by atoms with Crippen molar-refractivity contribution in [3.05, 3.63) is 22.8 Å². The highest BCUT2D eigenvalue weighted by atomic mass is 16.3. The molecule has 2 heteroatoms. The number of allylic oxidation sites excluding steroid dienone is 4. The van der Waals surface area contributed by atoms with Gasteiger partial charge < -0.3 is 5.11 Å². The lowest BCUT2D eigenvalue weighted by Crippen LogP contribution is -2.63. The number of carbonyl (C=O) groups excluding carboxylic acids is 1. The smallest absolute Gasteiger partial charge is 0.160 e. The van der Waals surface area contributed by atoms with Gasteiger partial charge in [-0.15, -0.1) is 0 Å². The molecule has 0 spiro atoms. The maximum Gasteiger partial charge on any atom is 0.160 e. The average molecular weight is 425 g/mol. The summed E-state index contributed by atoms with van der Waals surface area (Å²) in [6.07, 6.45) is 10.8. The third kappa shape index (κ3) is 2.58. The normalized spacial score (nSPS) is 48.7. The van der Waals surface area contributed by atoms with Crippen molar-refractivity contribution in [1.29, 1.82) is 0 Å². The summed E-state index contributed by atoms with van der Waals surface area (Å²) < 4.78 is 0. The number of hydrogen-bond acceptors (Lipinski definition) is 2. The SMILES string of the molecule is CC(C)C1CCC2=C1C1=CCC3C4(C)CCC(O)C(C)(C)C4CCC3(C)C1(C)CC2=O. The number of carbonyl (C=O) groups is 1. The molecule has 2 nitrogen and oxygen atoms in total. The van der Waals surface area contributed by atoms with Gasteiger partial charge in [-0.2, -0.15) is 0 Å². The van der Waals surface area contributed by atoms with Gasteiger partial charge in [0.15, 0.2) is 5.78 Å². The first-order valence-corrected chi connectivity index (χ1v) is 13.0. The minimum atomic E-state index is -0.186. The second-order valence-electron chi connectivity index (χ2n) is 13.5. The van der Waals surface area contributed by atoms with Crippen LogP contribution in [0.15, 0.2) is 22.8 Å². The van der Waals surface area contributed by atoms with Crippen LogP contribution < -0.4 is 0 Å². The Morgan fingerprint density at radius 3 is 2.39 bits per heavy atom. The van der Waals surface area contributed by atoms with Crippen molar-refractivity contribution < 1.29 is 9.90 Å². The van der Waals surface area contributed by atoms with Crippen LogP contribution in [0.25, 0.3) is 0 Å². The maximum atomic E-state index is 13.5. The van der Waals surface area contributed by atoms with Gasteiger partial charge in [0.05, 0.1) is 6.10 Å². The van der Waals surface area contributed by atoms with Crippen molar-refractivity contribution in [2.45, 2.75) is 106 Å². The van der Waals surface area contributed by atoms with Gasteiger partial charge in [-0.3, -0.25) is 4.79 Å². The summed E-state index contributed by atoms with van der Waals surface area (Å²) in [7, 11) is 0. The van der Waals surface area contributed by atoms with E-state index in [0.717, 1.165) is 32.1 Å². The molecule has 0 radical (unpaired) electrons. The number of Topliss-reactive ketones (excluding diaryl/α,β-unsaturated/α-hetero) is 1. The van der Waals surface area contributed by atoms with Crippen molar-refractivity contribution in [3.63, 3.8) is 0 Å². The minimum Gasteiger partial charge on any atom is -0.393 e. The fourth-order valence-corrected chi connectivity index (χ4v) is 9.75. The Kier molecular flexibility index (Phi) is 4.66. The third-order valence-corrected chi connectivity index (χ3v) is 11.8. The van der Waals surface area contributed by atoms with Gasteiger partial charge in [0.25, 0.3) is 0 Å². The summed E-state index contributed by atoms with van der Waals surface area (Å²) in [5.41, 5.74) is 4.55. The Morgan fingerprint density at radius 2 is 1.71 bits per heavy atom. The molecule has 5 aliphatic carbocycles. The molecule has 0 aromatic carbocycles. The third-order valence-electron chi connectivity index (χ3n) is 11.8. The van der Waals surface area contributed by atoms with E-state index in [4.69, 9.17) is 0 Å². The standard InChI is InChI=1S/C29H44O2/c1-17(2)18-8-9-19-21(30)16-29(7)20(25(18)19)10-11-23-27(5)14-13-24(31)26(3,4)22(27)12-15-28(23,29)6/h10,17-18,22-24,31H,8-9,11-16H2,1-7H3. The molecule has 7 unspecified atom stereocenters. The van der Waals surface area contributed by atoms with Crippen LogP contribution in [0.4, 0.5) is 0 Å². The highest BCUT2D eigenvalue weighted by Gasteiger charge is 2.67. The summed E-state index contributed by atoms with van der Waals surface area (Å²) in [5, 5.41) is 10.8. The van der Waals surface area contributed by atoms with E-state index in [1.807, 2.05) is 0 Å². The molecule has 5 aliphatic rings. The number of aliphatic hydroxyl groups excluding tert-OH is 1. The largest absolute Gasteiger partial charge is 0.393 e. The first kappa shape index (κ1) is 21.9. The summed E-state index contributed by atoms with van der Waals surface area (Å²) >= 11 is 0. The van der Waals surface area contributed by atoms with Crippen molar-refractivity contribution in [1.82, 2.24) is 0 Å². The second-order valence-corrected chi connectivity index (χ2v) is 13.5. The molecule has 0 bridgehead atoms. The Balaban J connectivity index is 1.63. The molecule has 0 saturated heterocycles. The van der Waals surface area contributed by atoms with E-state index in [1.54, 1.807) is 5.57 Å². The van der Waals surface area contributed by atoms with Gasteiger partial charge in [-0.1, -0.05) is 54.5 Å². The summed E-state index contributed by atoms with van der Waals surface area (Å²) in [6.45, 7) is 16.8. The molecule has 0 aromatic heterocycles. The van der Waals surface area contributed by atoms with Gasteiger partial charge >= 0.3 is 0 Å². The molecule has 5 rings (SSSR count). The van der Waals surface area contributed by atoms with Crippen molar-refractivity contribution in [2.75, 3.05) is 0 Å². The molecule has 2 fully saturated rings. The molecule has 0 amide bonds. The Bertz CT molecular complexity index is 875. The van der Waals surface area contributed by atoms with E-state index in [2.05, 4.69) is 54.5 Å². The van der Waals surface area contributed by atoms with Crippen LogP contribution >= 0.6 is 0 Å². The summed E-state index contributed by atoms with van der Waals surface area (Å²) in [5.74, 6) is 2.76. The van der Waals surface area contributed by atoms with Crippen LogP contribution in [0, 0.1) is 45.3 Å². The van der Waals surface area contributed by atoms with E-state index >= 15 is 0 Å². The molecule has 2 saturated carbocycles. The summed E-state index contributed by atoms with van der Waals surface area (Å²) in [4.78, 5) is 13.5. The van der Waals surface area contributed by atoms with Crippen LogP contribution in [0.3, 0.4) is 0 Å². The van der Waals surface area contributed by atoms with E-state index in [0.29, 0.717) is 35.9 Å². The maximum absolute atomic E-state index is 13.5. The average Bonchev–Trinajstić information content (AvgIpc) is 3.12. The second kappa shape index (κ2) is 6.58. The number of aliphatic hydroxyl groups is 1.